The Labute approximate surface area is 151 Å². The molecule has 1 aromatic carbocycles. The van der Waals surface area contributed by atoms with Gasteiger partial charge in [0.25, 0.3) is 0 Å². The highest BCUT2D eigenvalue weighted by atomic mass is 19.1. The van der Waals surface area contributed by atoms with E-state index in [1.165, 1.54) is 12.1 Å². The first-order valence-corrected chi connectivity index (χ1v) is 8.96. The van der Waals surface area contributed by atoms with Gasteiger partial charge in [0.2, 0.25) is 5.91 Å². The van der Waals surface area contributed by atoms with Crippen molar-refractivity contribution >= 4 is 11.9 Å². The molecule has 1 aromatic rings. The summed E-state index contributed by atoms with van der Waals surface area (Å²) in [5, 5.41) is 23.2. The number of hydrogen-bond donors (Lipinski definition) is 3. The van der Waals surface area contributed by atoms with Gasteiger partial charge in [-0.1, -0.05) is 12.1 Å². The van der Waals surface area contributed by atoms with Crippen molar-refractivity contribution in [2.24, 2.45) is 5.41 Å². The maximum Gasteiger partial charge on any atom is 0.319 e. The third kappa shape index (κ3) is 3.59. The van der Waals surface area contributed by atoms with Crippen LogP contribution in [-0.4, -0.2) is 41.3 Å². The van der Waals surface area contributed by atoms with Gasteiger partial charge >= 0.3 is 5.97 Å². The summed E-state index contributed by atoms with van der Waals surface area (Å²) in [5.41, 5.74) is -2.02. The molecular weight excluding hydrogens is 341 g/mol. The van der Waals surface area contributed by atoms with Crippen LogP contribution in [0.2, 0.25) is 0 Å². The van der Waals surface area contributed by atoms with Crippen molar-refractivity contribution in [2.45, 2.75) is 50.2 Å². The summed E-state index contributed by atoms with van der Waals surface area (Å²) in [7, 11) is 0. The SMILES string of the molecule is O=C(O)C1(C(=O)NC2CCC(O)(c3cccc(F)c3)CC2)CCOCC1. The number of aliphatic carboxylic acids is 1. The lowest BCUT2D eigenvalue weighted by atomic mass is 9.76. The lowest BCUT2D eigenvalue weighted by Gasteiger charge is -2.38. The maximum absolute atomic E-state index is 13.4. The first kappa shape index (κ1) is 18.8. The number of amides is 1. The molecule has 7 heteroatoms. The largest absolute Gasteiger partial charge is 0.480 e. The summed E-state index contributed by atoms with van der Waals surface area (Å²) in [6.07, 6.45) is 2.09. The molecule has 0 spiro atoms. The van der Waals surface area contributed by atoms with Crippen LogP contribution in [-0.2, 0) is 19.9 Å². The van der Waals surface area contributed by atoms with Gasteiger partial charge in [0.15, 0.2) is 5.41 Å². The van der Waals surface area contributed by atoms with Crippen molar-refractivity contribution in [1.82, 2.24) is 5.32 Å². The third-order valence-electron chi connectivity index (χ3n) is 5.70. The Morgan fingerprint density at radius 1 is 1.15 bits per heavy atom. The van der Waals surface area contributed by atoms with E-state index in [0.717, 1.165) is 0 Å². The van der Waals surface area contributed by atoms with Crippen LogP contribution in [0.3, 0.4) is 0 Å². The number of nitrogens with one attached hydrogen (secondary N) is 1. The van der Waals surface area contributed by atoms with Crippen LogP contribution in [0.1, 0.15) is 44.1 Å². The van der Waals surface area contributed by atoms with E-state index in [1.54, 1.807) is 12.1 Å². The number of ether oxygens (including phenoxy) is 1. The highest BCUT2D eigenvalue weighted by Gasteiger charge is 2.48. The molecule has 2 aliphatic rings. The Bertz CT molecular complexity index is 678. The van der Waals surface area contributed by atoms with Crippen LogP contribution >= 0.6 is 0 Å². The smallest absolute Gasteiger partial charge is 0.319 e. The van der Waals surface area contributed by atoms with Crippen molar-refractivity contribution in [2.75, 3.05) is 13.2 Å². The zero-order chi connectivity index (χ0) is 18.8. The zero-order valence-corrected chi connectivity index (χ0v) is 14.5. The number of carbonyl (C=O) groups is 2. The van der Waals surface area contributed by atoms with E-state index in [0.29, 0.717) is 31.2 Å². The van der Waals surface area contributed by atoms with Gasteiger partial charge < -0.3 is 20.3 Å². The summed E-state index contributed by atoms with van der Waals surface area (Å²) in [6, 6.07) is 5.73. The van der Waals surface area contributed by atoms with Gasteiger partial charge in [0, 0.05) is 19.3 Å². The number of rotatable bonds is 4. The van der Waals surface area contributed by atoms with Crippen LogP contribution in [0.15, 0.2) is 24.3 Å². The number of carboxylic acid groups (broad SMARTS) is 1. The van der Waals surface area contributed by atoms with Crippen molar-refractivity contribution in [3.63, 3.8) is 0 Å². The second-order valence-corrected chi connectivity index (χ2v) is 7.29. The quantitative estimate of drug-likeness (QED) is 0.709. The van der Waals surface area contributed by atoms with Crippen molar-refractivity contribution in [3.05, 3.63) is 35.6 Å². The molecule has 1 saturated carbocycles. The van der Waals surface area contributed by atoms with Gasteiger partial charge in [-0.3, -0.25) is 9.59 Å². The summed E-state index contributed by atoms with van der Waals surface area (Å²) >= 11 is 0. The van der Waals surface area contributed by atoms with Crippen LogP contribution in [0, 0.1) is 11.2 Å². The Morgan fingerprint density at radius 2 is 1.81 bits per heavy atom. The average Bonchev–Trinajstić information content (AvgIpc) is 2.64. The molecule has 0 radical (unpaired) electrons. The van der Waals surface area contributed by atoms with E-state index in [2.05, 4.69) is 5.32 Å². The van der Waals surface area contributed by atoms with Crippen LogP contribution in [0.4, 0.5) is 4.39 Å². The monoisotopic (exact) mass is 365 g/mol. The van der Waals surface area contributed by atoms with Crippen LogP contribution in [0.5, 0.6) is 0 Å². The summed E-state index contributed by atoms with van der Waals surface area (Å²) < 4.78 is 18.6. The first-order chi connectivity index (χ1) is 12.4. The molecule has 1 saturated heterocycles. The molecular formula is C19H24FNO5. The highest BCUT2D eigenvalue weighted by Crippen LogP contribution is 2.38. The molecule has 6 nitrogen and oxygen atoms in total. The topological polar surface area (TPSA) is 95.9 Å². The summed E-state index contributed by atoms with van der Waals surface area (Å²) in [5.74, 6) is -1.99. The molecule has 0 bridgehead atoms. The molecule has 1 amide bonds. The second kappa shape index (κ2) is 7.32. The fraction of sp³-hybridized carbons (Fsp3) is 0.579. The second-order valence-electron chi connectivity index (χ2n) is 7.29. The standard InChI is InChI=1S/C19H24FNO5/c20-14-3-1-2-13(12-14)19(25)6-4-15(5-7-19)21-16(22)18(17(23)24)8-10-26-11-9-18/h1-3,12,15,25H,4-11H2,(H,21,22)(H,23,24). The minimum Gasteiger partial charge on any atom is -0.480 e. The van der Waals surface area contributed by atoms with Gasteiger partial charge in [-0.25, -0.2) is 4.39 Å². The minimum atomic E-state index is -1.44. The van der Waals surface area contributed by atoms with Crippen molar-refractivity contribution in [3.8, 4) is 0 Å². The predicted molar refractivity (Wildman–Crippen MR) is 90.8 cm³/mol. The molecule has 1 heterocycles. The molecule has 26 heavy (non-hydrogen) atoms. The molecule has 3 rings (SSSR count). The van der Waals surface area contributed by atoms with Crippen molar-refractivity contribution < 1.29 is 28.9 Å². The van der Waals surface area contributed by atoms with Gasteiger partial charge in [0.1, 0.15) is 5.82 Å². The normalized spacial score (nSPS) is 28.3. The third-order valence-corrected chi connectivity index (χ3v) is 5.70. The number of halogens is 1. The van der Waals surface area contributed by atoms with E-state index < -0.39 is 28.7 Å². The summed E-state index contributed by atoms with van der Waals surface area (Å²) in [4.78, 5) is 24.3. The molecule has 3 N–H and O–H groups in total. The van der Waals surface area contributed by atoms with Crippen LogP contribution in [0.25, 0.3) is 0 Å². The van der Waals surface area contributed by atoms with E-state index in [4.69, 9.17) is 4.74 Å². The average molecular weight is 365 g/mol. The van der Waals surface area contributed by atoms with E-state index >= 15 is 0 Å². The summed E-state index contributed by atoms with van der Waals surface area (Å²) in [6.45, 7) is 0.507. The number of aliphatic hydroxyl groups is 1. The number of carbonyl (C=O) groups excluding carboxylic acids is 1. The Kier molecular flexibility index (Phi) is 5.29. The minimum absolute atomic E-state index is 0.161. The van der Waals surface area contributed by atoms with E-state index in [-0.39, 0.29) is 32.1 Å². The van der Waals surface area contributed by atoms with E-state index in [9.17, 15) is 24.2 Å². The Balaban J connectivity index is 1.63. The molecule has 2 fully saturated rings. The van der Waals surface area contributed by atoms with Gasteiger partial charge in [0.05, 0.1) is 5.60 Å². The number of benzene rings is 1. The maximum atomic E-state index is 13.4. The lowest BCUT2D eigenvalue weighted by molar-refractivity contribution is -0.163. The Hall–Kier alpha value is -1.99. The Morgan fingerprint density at radius 3 is 2.38 bits per heavy atom. The fourth-order valence-corrected chi connectivity index (χ4v) is 3.89. The van der Waals surface area contributed by atoms with E-state index in [1.807, 2.05) is 0 Å². The number of hydrogen-bond acceptors (Lipinski definition) is 4. The van der Waals surface area contributed by atoms with Gasteiger partial charge in [-0.15, -0.1) is 0 Å². The molecule has 1 aliphatic carbocycles. The predicted octanol–water partition coefficient (Wildman–Crippen LogP) is 1.95. The highest BCUT2D eigenvalue weighted by molar-refractivity contribution is 6.02. The molecule has 0 aromatic heterocycles. The number of carboxylic acids is 1. The zero-order valence-electron chi connectivity index (χ0n) is 14.5. The fourth-order valence-electron chi connectivity index (χ4n) is 3.89. The molecule has 1 aliphatic heterocycles. The van der Waals surface area contributed by atoms with Gasteiger partial charge in [-0.05, 0) is 56.2 Å². The lowest BCUT2D eigenvalue weighted by Crippen LogP contribution is -2.53. The molecule has 0 unspecified atom stereocenters. The molecule has 142 valence electrons. The van der Waals surface area contributed by atoms with Crippen LogP contribution < -0.4 is 5.32 Å². The first-order valence-electron chi connectivity index (χ1n) is 8.96. The molecule has 0 atom stereocenters. The van der Waals surface area contributed by atoms with Gasteiger partial charge in [-0.2, -0.15) is 0 Å². The van der Waals surface area contributed by atoms with Crippen molar-refractivity contribution in [1.29, 1.82) is 0 Å².